The largest absolute Gasteiger partial charge is 0.384 e. The quantitative estimate of drug-likeness (QED) is 0.514. The maximum absolute atomic E-state index is 11.0. The van der Waals surface area contributed by atoms with E-state index in [2.05, 4.69) is 22.6 Å². The Bertz CT molecular complexity index is 391. The Morgan fingerprint density at radius 1 is 1.38 bits per heavy atom. The number of aldehydes is 1. The van der Waals surface area contributed by atoms with E-state index < -0.39 is 5.60 Å². The lowest BCUT2D eigenvalue weighted by molar-refractivity contribution is 0.0106. The van der Waals surface area contributed by atoms with E-state index in [1.165, 1.54) is 6.42 Å². The summed E-state index contributed by atoms with van der Waals surface area (Å²) in [5, 5.41) is 10.8. The van der Waals surface area contributed by atoms with Gasteiger partial charge in [0.25, 0.3) is 0 Å². The summed E-state index contributed by atoms with van der Waals surface area (Å²) in [5.41, 5.74) is 0.591. The van der Waals surface area contributed by atoms with Crippen LogP contribution in [0.25, 0.3) is 0 Å². The molecule has 16 heavy (non-hydrogen) atoms. The molecule has 2 nitrogen and oxygen atoms in total. The van der Waals surface area contributed by atoms with E-state index in [9.17, 15) is 9.90 Å². The molecule has 86 valence electrons. The maximum Gasteiger partial charge on any atom is 0.150 e. The van der Waals surface area contributed by atoms with E-state index in [1.54, 1.807) is 6.07 Å². The van der Waals surface area contributed by atoms with Gasteiger partial charge in [0.15, 0.2) is 0 Å². The van der Waals surface area contributed by atoms with Crippen molar-refractivity contribution in [2.75, 3.05) is 0 Å². The molecule has 2 rings (SSSR count). The van der Waals surface area contributed by atoms with Crippen LogP contribution in [0.4, 0.5) is 0 Å². The molecule has 1 N–H and O–H groups in total. The highest BCUT2D eigenvalue weighted by atomic mass is 127. The number of halogens is 1. The summed E-state index contributed by atoms with van der Waals surface area (Å²) in [6.07, 6.45) is 4.81. The molecular formula is C13H15IO2. The summed E-state index contributed by atoms with van der Waals surface area (Å²) in [5.74, 6) is 0. The van der Waals surface area contributed by atoms with Gasteiger partial charge in [0.1, 0.15) is 11.9 Å². The van der Waals surface area contributed by atoms with Crippen LogP contribution >= 0.6 is 22.6 Å². The molecular weight excluding hydrogens is 315 g/mol. The standard InChI is InChI=1S/C13H15IO2/c14-12-7-3-4-8-13(12,16)11-6-2-1-5-10(11)9-15/h1-2,5-6,9,12,16H,3-4,7-8H2. The zero-order chi connectivity index (χ0) is 11.6. The van der Waals surface area contributed by atoms with Crippen LogP contribution in [0, 0.1) is 0 Å². The Hall–Kier alpha value is -0.420. The van der Waals surface area contributed by atoms with E-state index in [0.29, 0.717) is 5.56 Å². The van der Waals surface area contributed by atoms with Crippen molar-refractivity contribution in [2.45, 2.75) is 35.2 Å². The van der Waals surface area contributed by atoms with Crippen LogP contribution in [0.5, 0.6) is 0 Å². The second-order valence-electron chi connectivity index (χ2n) is 4.34. The fourth-order valence-electron chi connectivity index (χ4n) is 2.41. The van der Waals surface area contributed by atoms with Crippen molar-refractivity contribution in [2.24, 2.45) is 0 Å². The molecule has 1 aromatic carbocycles. The highest BCUT2D eigenvalue weighted by molar-refractivity contribution is 14.1. The Labute approximate surface area is 109 Å². The molecule has 1 aliphatic rings. The third-order valence-corrected chi connectivity index (χ3v) is 4.99. The van der Waals surface area contributed by atoms with Crippen molar-refractivity contribution in [3.8, 4) is 0 Å². The first-order valence-corrected chi connectivity index (χ1v) is 6.84. The summed E-state index contributed by atoms with van der Waals surface area (Å²) in [4.78, 5) is 11.0. The fourth-order valence-corrected chi connectivity index (χ4v) is 3.50. The minimum absolute atomic E-state index is 0.194. The zero-order valence-electron chi connectivity index (χ0n) is 9.03. The van der Waals surface area contributed by atoms with Crippen molar-refractivity contribution in [1.29, 1.82) is 0 Å². The van der Waals surface area contributed by atoms with Crippen molar-refractivity contribution in [1.82, 2.24) is 0 Å². The minimum atomic E-state index is -0.823. The summed E-state index contributed by atoms with van der Waals surface area (Å²) < 4.78 is 0.194. The third-order valence-electron chi connectivity index (χ3n) is 3.34. The summed E-state index contributed by atoms with van der Waals surface area (Å²) >= 11 is 2.31. The van der Waals surface area contributed by atoms with Crippen LogP contribution in [0.2, 0.25) is 0 Å². The lowest BCUT2D eigenvalue weighted by Crippen LogP contribution is -2.39. The van der Waals surface area contributed by atoms with Gasteiger partial charge in [0.05, 0.1) is 0 Å². The predicted octanol–water partition coefficient (Wildman–Crippen LogP) is 3.06. The second kappa shape index (κ2) is 4.84. The van der Waals surface area contributed by atoms with E-state index >= 15 is 0 Å². The first-order valence-electron chi connectivity index (χ1n) is 5.59. The molecule has 1 saturated carbocycles. The molecule has 0 bridgehead atoms. The van der Waals surface area contributed by atoms with Gasteiger partial charge in [0, 0.05) is 9.49 Å². The van der Waals surface area contributed by atoms with Gasteiger partial charge in [0.2, 0.25) is 0 Å². The van der Waals surface area contributed by atoms with E-state index in [0.717, 1.165) is 31.1 Å². The smallest absolute Gasteiger partial charge is 0.150 e. The summed E-state index contributed by atoms with van der Waals surface area (Å²) in [7, 11) is 0. The van der Waals surface area contributed by atoms with Gasteiger partial charge in [-0.3, -0.25) is 4.79 Å². The Kier molecular flexibility index (Phi) is 3.64. The predicted molar refractivity (Wildman–Crippen MR) is 72.0 cm³/mol. The first kappa shape index (κ1) is 12.0. The summed E-state index contributed by atoms with van der Waals surface area (Å²) in [6.45, 7) is 0. The molecule has 1 fully saturated rings. The number of rotatable bonds is 2. The average molecular weight is 330 g/mol. The van der Waals surface area contributed by atoms with Gasteiger partial charge < -0.3 is 5.11 Å². The SMILES string of the molecule is O=Cc1ccccc1C1(O)CCCCC1I. The molecule has 2 unspecified atom stereocenters. The topological polar surface area (TPSA) is 37.3 Å². The van der Waals surface area contributed by atoms with Crippen LogP contribution in [-0.4, -0.2) is 15.3 Å². The van der Waals surface area contributed by atoms with Crippen molar-refractivity contribution < 1.29 is 9.90 Å². The van der Waals surface area contributed by atoms with Crippen molar-refractivity contribution in [3.63, 3.8) is 0 Å². The molecule has 2 atom stereocenters. The molecule has 0 spiro atoms. The monoisotopic (exact) mass is 330 g/mol. The minimum Gasteiger partial charge on any atom is -0.384 e. The van der Waals surface area contributed by atoms with Crippen LogP contribution in [0.1, 0.15) is 41.6 Å². The van der Waals surface area contributed by atoms with Gasteiger partial charge in [-0.05, 0) is 18.4 Å². The number of aliphatic hydroxyl groups is 1. The van der Waals surface area contributed by atoms with Crippen molar-refractivity contribution in [3.05, 3.63) is 35.4 Å². The average Bonchev–Trinajstić information content (AvgIpc) is 2.33. The zero-order valence-corrected chi connectivity index (χ0v) is 11.2. The van der Waals surface area contributed by atoms with Crippen molar-refractivity contribution >= 4 is 28.9 Å². The van der Waals surface area contributed by atoms with Gasteiger partial charge in [-0.1, -0.05) is 59.7 Å². The van der Waals surface area contributed by atoms with Gasteiger partial charge in [-0.25, -0.2) is 0 Å². The normalized spacial score (nSPS) is 30.0. The molecule has 0 heterocycles. The number of carbonyl (C=O) groups is 1. The van der Waals surface area contributed by atoms with Crippen LogP contribution < -0.4 is 0 Å². The third kappa shape index (κ3) is 2.02. The maximum atomic E-state index is 11.0. The fraction of sp³-hybridized carbons (Fsp3) is 0.462. The van der Waals surface area contributed by atoms with Gasteiger partial charge in [-0.15, -0.1) is 0 Å². The molecule has 3 heteroatoms. The molecule has 1 aliphatic carbocycles. The molecule has 0 radical (unpaired) electrons. The lowest BCUT2D eigenvalue weighted by Gasteiger charge is -2.38. The molecule has 0 saturated heterocycles. The molecule has 0 aromatic heterocycles. The number of hydrogen-bond donors (Lipinski definition) is 1. The molecule has 0 aliphatic heterocycles. The van der Waals surface area contributed by atoms with Crippen LogP contribution in [0.15, 0.2) is 24.3 Å². The molecule has 0 amide bonds. The second-order valence-corrected chi connectivity index (χ2v) is 5.85. The first-order chi connectivity index (χ1) is 7.68. The summed E-state index contributed by atoms with van der Waals surface area (Å²) in [6, 6.07) is 7.37. The highest BCUT2D eigenvalue weighted by Crippen LogP contribution is 2.42. The highest BCUT2D eigenvalue weighted by Gasteiger charge is 2.40. The van der Waals surface area contributed by atoms with Crippen LogP contribution in [0.3, 0.4) is 0 Å². The van der Waals surface area contributed by atoms with E-state index in [-0.39, 0.29) is 3.92 Å². The Balaban J connectivity index is 2.44. The van der Waals surface area contributed by atoms with Crippen LogP contribution in [-0.2, 0) is 5.60 Å². The number of hydrogen-bond acceptors (Lipinski definition) is 2. The number of carbonyl (C=O) groups excluding carboxylic acids is 1. The van der Waals surface area contributed by atoms with Gasteiger partial charge >= 0.3 is 0 Å². The number of benzene rings is 1. The molecule has 1 aromatic rings. The number of alkyl halides is 1. The van der Waals surface area contributed by atoms with Gasteiger partial charge in [-0.2, -0.15) is 0 Å². The van der Waals surface area contributed by atoms with E-state index in [1.807, 2.05) is 18.2 Å². The Morgan fingerprint density at radius 3 is 2.81 bits per heavy atom. The van der Waals surface area contributed by atoms with E-state index in [4.69, 9.17) is 0 Å². The Morgan fingerprint density at radius 2 is 2.12 bits per heavy atom. The lowest BCUT2D eigenvalue weighted by atomic mass is 9.78.